The molecular weight excluding hydrogens is 264 g/mol. The number of carbonyl (C=O) groups is 2. The van der Waals surface area contributed by atoms with Crippen molar-refractivity contribution in [1.82, 2.24) is 4.98 Å². The average molecular weight is 275 g/mol. The first-order valence-corrected chi connectivity index (χ1v) is 6.01. The van der Waals surface area contributed by atoms with Gasteiger partial charge < -0.3 is 5.32 Å². The van der Waals surface area contributed by atoms with Crippen LogP contribution in [-0.2, 0) is 4.79 Å². The van der Waals surface area contributed by atoms with Crippen molar-refractivity contribution in [2.45, 2.75) is 6.42 Å². The van der Waals surface area contributed by atoms with E-state index < -0.39 is 0 Å². The molecule has 0 saturated heterocycles. The van der Waals surface area contributed by atoms with Crippen molar-refractivity contribution in [2.75, 3.05) is 5.32 Å². The average Bonchev–Trinajstić information content (AvgIpc) is 2.42. The number of nitrogens with zero attached hydrogens (tertiary/aromatic N) is 1. The van der Waals surface area contributed by atoms with Crippen LogP contribution in [0.5, 0.6) is 0 Å². The number of halogens is 1. The summed E-state index contributed by atoms with van der Waals surface area (Å²) in [6.07, 6.45) is 2.83. The minimum Gasteiger partial charge on any atom is -0.326 e. The molecule has 2 rings (SSSR count). The maximum Gasteiger partial charge on any atom is 0.232 e. The second-order valence-corrected chi connectivity index (χ2v) is 4.33. The second-order valence-electron chi connectivity index (χ2n) is 3.89. The topological polar surface area (TPSA) is 59.1 Å². The van der Waals surface area contributed by atoms with Crippen LogP contribution in [0.3, 0.4) is 0 Å². The Morgan fingerprint density at radius 3 is 2.32 bits per heavy atom. The summed E-state index contributed by atoms with van der Waals surface area (Å²) in [7, 11) is 0. The van der Waals surface area contributed by atoms with Crippen molar-refractivity contribution in [3.63, 3.8) is 0 Å². The zero-order valence-corrected chi connectivity index (χ0v) is 10.7. The molecule has 1 aromatic carbocycles. The highest BCUT2D eigenvalue weighted by Crippen LogP contribution is 2.13. The second kappa shape index (κ2) is 6.11. The Kier molecular flexibility index (Phi) is 4.26. The minimum atomic E-state index is -0.357. The van der Waals surface area contributed by atoms with Gasteiger partial charge >= 0.3 is 0 Å². The molecule has 1 aromatic heterocycles. The first kappa shape index (κ1) is 13.2. The van der Waals surface area contributed by atoms with Crippen molar-refractivity contribution >= 4 is 29.0 Å². The summed E-state index contributed by atoms with van der Waals surface area (Å²) < 4.78 is 0. The summed E-state index contributed by atoms with van der Waals surface area (Å²) in [5.41, 5.74) is 1.08. The molecule has 0 bridgehead atoms. The van der Waals surface area contributed by atoms with Crippen LogP contribution in [0.1, 0.15) is 16.8 Å². The van der Waals surface area contributed by atoms with Gasteiger partial charge in [-0.1, -0.05) is 11.6 Å². The van der Waals surface area contributed by atoms with Crippen LogP contribution >= 0.6 is 11.6 Å². The monoisotopic (exact) mass is 274 g/mol. The van der Waals surface area contributed by atoms with Crippen LogP contribution in [-0.4, -0.2) is 16.7 Å². The summed E-state index contributed by atoms with van der Waals surface area (Å²) in [5.74, 6) is -0.599. The van der Waals surface area contributed by atoms with Crippen LogP contribution in [0.15, 0.2) is 48.8 Å². The molecule has 0 aliphatic heterocycles. The number of hydrogen-bond acceptors (Lipinski definition) is 3. The van der Waals surface area contributed by atoms with Gasteiger partial charge in [0.2, 0.25) is 5.91 Å². The van der Waals surface area contributed by atoms with Gasteiger partial charge in [0.25, 0.3) is 0 Å². The Labute approximate surface area is 115 Å². The Morgan fingerprint density at radius 1 is 1.05 bits per heavy atom. The van der Waals surface area contributed by atoms with Crippen molar-refractivity contribution in [3.05, 3.63) is 59.4 Å². The maximum absolute atomic E-state index is 11.8. The third-order valence-corrected chi connectivity index (χ3v) is 2.70. The molecule has 0 atom stereocenters. The smallest absolute Gasteiger partial charge is 0.232 e. The lowest BCUT2D eigenvalue weighted by Gasteiger charge is -2.04. The zero-order valence-electron chi connectivity index (χ0n) is 9.97. The van der Waals surface area contributed by atoms with Gasteiger partial charge in [-0.05, 0) is 36.4 Å². The van der Waals surface area contributed by atoms with E-state index >= 15 is 0 Å². The zero-order chi connectivity index (χ0) is 13.7. The van der Waals surface area contributed by atoms with Gasteiger partial charge in [0.1, 0.15) is 0 Å². The van der Waals surface area contributed by atoms with E-state index in [1.54, 1.807) is 36.4 Å². The number of carbonyl (C=O) groups excluding carboxylic acids is 2. The highest BCUT2D eigenvalue weighted by atomic mass is 35.5. The van der Waals surface area contributed by atoms with Crippen LogP contribution in [0, 0.1) is 0 Å². The van der Waals surface area contributed by atoms with Crippen molar-refractivity contribution in [3.8, 4) is 0 Å². The van der Waals surface area contributed by atoms with E-state index in [4.69, 9.17) is 11.6 Å². The highest BCUT2D eigenvalue weighted by Gasteiger charge is 2.11. The summed E-state index contributed by atoms with van der Waals surface area (Å²) in [4.78, 5) is 27.3. The molecule has 0 spiro atoms. The number of anilines is 1. The SMILES string of the molecule is O=C(CC(=O)c1ccncc1)Nc1ccc(Cl)cc1. The predicted octanol–water partition coefficient (Wildman–Crippen LogP) is 2.95. The Bertz CT molecular complexity index is 582. The van der Waals surface area contributed by atoms with Gasteiger partial charge in [0, 0.05) is 28.7 Å². The normalized spacial score (nSPS) is 9.95. The number of amides is 1. The fourth-order valence-electron chi connectivity index (χ4n) is 1.52. The number of pyridine rings is 1. The van der Waals surface area contributed by atoms with Crippen LogP contribution in [0.2, 0.25) is 5.02 Å². The Balaban J connectivity index is 1.95. The van der Waals surface area contributed by atoms with E-state index in [1.165, 1.54) is 12.4 Å². The summed E-state index contributed by atoms with van der Waals surface area (Å²) >= 11 is 5.74. The molecule has 0 aliphatic carbocycles. The van der Waals surface area contributed by atoms with Crippen LogP contribution in [0.25, 0.3) is 0 Å². The third kappa shape index (κ3) is 3.89. The number of benzene rings is 1. The summed E-state index contributed by atoms with van der Waals surface area (Å²) in [5, 5.41) is 3.22. The molecule has 0 unspecified atom stereocenters. The molecule has 0 aliphatic rings. The fraction of sp³-hybridized carbons (Fsp3) is 0.0714. The van der Waals surface area contributed by atoms with E-state index in [-0.39, 0.29) is 18.1 Å². The molecule has 5 heteroatoms. The highest BCUT2D eigenvalue weighted by molar-refractivity contribution is 6.30. The Morgan fingerprint density at radius 2 is 1.68 bits per heavy atom. The quantitative estimate of drug-likeness (QED) is 0.689. The van der Waals surface area contributed by atoms with E-state index in [0.29, 0.717) is 16.3 Å². The summed E-state index contributed by atoms with van der Waals surface area (Å²) in [6.45, 7) is 0. The lowest BCUT2D eigenvalue weighted by molar-refractivity contribution is -0.115. The van der Waals surface area contributed by atoms with Crippen molar-refractivity contribution < 1.29 is 9.59 Å². The molecule has 1 N–H and O–H groups in total. The largest absolute Gasteiger partial charge is 0.326 e. The number of hydrogen-bond donors (Lipinski definition) is 1. The van der Waals surface area contributed by atoms with Crippen molar-refractivity contribution in [2.24, 2.45) is 0 Å². The van der Waals surface area contributed by atoms with Crippen molar-refractivity contribution in [1.29, 1.82) is 0 Å². The molecule has 0 radical (unpaired) electrons. The minimum absolute atomic E-state index is 0.202. The standard InChI is InChI=1S/C14H11ClN2O2/c15-11-1-3-12(4-2-11)17-14(19)9-13(18)10-5-7-16-8-6-10/h1-8H,9H2,(H,17,19). The third-order valence-electron chi connectivity index (χ3n) is 2.45. The lowest BCUT2D eigenvalue weighted by Crippen LogP contribution is -2.16. The van der Waals surface area contributed by atoms with Gasteiger partial charge in [-0.2, -0.15) is 0 Å². The molecule has 1 heterocycles. The molecule has 4 nitrogen and oxygen atoms in total. The van der Waals surface area contributed by atoms with Gasteiger partial charge in [0.15, 0.2) is 5.78 Å². The fourth-order valence-corrected chi connectivity index (χ4v) is 1.65. The Hall–Kier alpha value is -2.20. The number of ketones is 1. The first-order valence-electron chi connectivity index (χ1n) is 5.64. The van der Waals surface area contributed by atoms with E-state index in [1.807, 2.05) is 0 Å². The number of aromatic nitrogens is 1. The van der Waals surface area contributed by atoms with Gasteiger partial charge in [0.05, 0.1) is 6.42 Å². The molecule has 0 fully saturated rings. The predicted molar refractivity (Wildman–Crippen MR) is 73.3 cm³/mol. The number of nitrogens with one attached hydrogen (secondary N) is 1. The summed E-state index contributed by atoms with van der Waals surface area (Å²) in [6, 6.07) is 9.85. The molecular formula is C14H11ClN2O2. The molecule has 1 amide bonds. The molecule has 19 heavy (non-hydrogen) atoms. The van der Waals surface area contributed by atoms with Crippen LogP contribution in [0.4, 0.5) is 5.69 Å². The number of Topliss-reactive ketones (excluding diaryl/α,β-unsaturated/α-hetero) is 1. The van der Waals surface area contributed by atoms with E-state index in [9.17, 15) is 9.59 Å². The number of rotatable bonds is 4. The van der Waals surface area contributed by atoms with E-state index in [0.717, 1.165) is 0 Å². The maximum atomic E-state index is 11.8. The molecule has 2 aromatic rings. The lowest BCUT2D eigenvalue weighted by atomic mass is 10.1. The van der Waals surface area contributed by atoms with Gasteiger partial charge in [-0.25, -0.2) is 0 Å². The molecule has 0 saturated carbocycles. The van der Waals surface area contributed by atoms with Gasteiger partial charge in [-0.3, -0.25) is 14.6 Å². The van der Waals surface area contributed by atoms with Gasteiger partial charge in [-0.15, -0.1) is 0 Å². The molecule has 96 valence electrons. The van der Waals surface area contributed by atoms with E-state index in [2.05, 4.69) is 10.3 Å². The van der Waals surface area contributed by atoms with Crippen LogP contribution < -0.4 is 5.32 Å². The first-order chi connectivity index (χ1) is 9.15.